The predicted octanol–water partition coefficient (Wildman–Crippen LogP) is 3.31. The number of nitrogen functional groups attached to an aromatic ring is 1. The molecule has 0 fully saturated rings. The van der Waals surface area contributed by atoms with Gasteiger partial charge in [-0.05, 0) is 49.4 Å². The van der Waals surface area contributed by atoms with Crippen LogP contribution in [0.5, 0.6) is 0 Å². The van der Waals surface area contributed by atoms with Crippen molar-refractivity contribution in [1.29, 1.82) is 0 Å². The van der Waals surface area contributed by atoms with Gasteiger partial charge in [0.1, 0.15) is 10.7 Å². The first-order valence-corrected chi connectivity index (χ1v) is 10.1. The molecule has 0 saturated carbocycles. The Kier molecular flexibility index (Phi) is 4.67. The van der Waals surface area contributed by atoms with Crippen LogP contribution in [0.3, 0.4) is 0 Å². The van der Waals surface area contributed by atoms with E-state index in [1.165, 1.54) is 11.3 Å². The van der Waals surface area contributed by atoms with Crippen molar-refractivity contribution in [3.8, 4) is 0 Å². The highest BCUT2D eigenvalue weighted by Gasteiger charge is 2.29. The number of amides is 1. The molecule has 0 radical (unpaired) electrons. The van der Waals surface area contributed by atoms with E-state index in [0.29, 0.717) is 28.2 Å². The lowest BCUT2D eigenvalue weighted by molar-refractivity contribution is 0.0988. The van der Waals surface area contributed by atoms with Gasteiger partial charge >= 0.3 is 0 Å². The summed E-state index contributed by atoms with van der Waals surface area (Å²) in [6, 6.07) is 5.72. The molecule has 0 unspecified atom stereocenters. The molecule has 2 N–H and O–H groups in total. The summed E-state index contributed by atoms with van der Waals surface area (Å²) >= 11 is 1.34. The number of anilines is 2. The van der Waals surface area contributed by atoms with Crippen LogP contribution in [0.25, 0.3) is 10.2 Å². The number of carbonyl (C=O) groups excluding carboxylic acids is 1. The maximum Gasteiger partial charge on any atom is 0.268 e. The molecule has 1 amide bonds. The van der Waals surface area contributed by atoms with E-state index in [2.05, 4.69) is 4.98 Å². The van der Waals surface area contributed by atoms with Gasteiger partial charge in [-0.25, -0.2) is 4.98 Å². The minimum atomic E-state index is -0.0633. The van der Waals surface area contributed by atoms with Gasteiger partial charge in [0.05, 0.1) is 10.3 Å². The lowest BCUT2D eigenvalue weighted by Crippen LogP contribution is -2.35. The fourth-order valence-corrected chi connectivity index (χ4v) is 5.40. The van der Waals surface area contributed by atoms with Crippen LogP contribution in [-0.2, 0) is 19.4 Å². The highest BCUT2D eigenvalue weighted by molar-refractivity contribution is 7.20. The fourth-order valence-electron chi connectivity index (χ4n) is 4.26. The van der Waals surface area contributed by atoms with Gasteiger partial charge < -0.3 is 10.6 Å². The Morgan fingerprint density at radius 3 is 2.82 bits per heavy atom. The van der Waals surface area contributed by atoms with Crippen LogP contribution < -0.4 is 16.2 Å². The third kappa shape index (κ3) is 2.64. The number of nitrogens with two attached hydrogens (primary N) is 1. The number of fused-ring (bicyclic) bond motifs is 3. The summed E-state index contributed by atoms with van der Waals surface area (Å²) in [4.78, 5) is 34.0. The summed E-state index contributed by atoms with van der Waals surface area (Å²) < 4.78 is 1.76. The highest BCUT2D eigenvalue weighted by atomic mass is 35.5. The van der Waals surface area contributed by atoms with E-state index < -0.39 is 0 Å². The second-order valence-electron chi connectivity index (χ2n) is 7.23. The lowest BCUT2D eigenvalue weighted by atomic mass is 9.99. The molecule has 5 rings (SSSR count). The summed E-state index contributed by atoms with van der Waals surface area (Å²) in [7, 11) is 0. The first-order chi connectivity index (χ1) is 13.1. The van der Waals surface area contributed by atoms with Crippen molar-refractivity contribution in [2.45, 2.75) is 39.2 Å². The molecular weight excluding hydrogens is 396 g/mol. The van der Waals surface area contributed by atoms with Crippen LogP contribution in [0.15, 0.2) is 23.0 Å². The summed E-state index contributed by atoms with van der Waals surface area (Å²) in [5, 5.41) is 0.596. The lowest BCUT2D eigenvalue weighted by Gasteiger charge is -2.30. The number of benzene rings is 1. The van der Waals surface area contributed by atoms with E-state index in [1.54, 1.807) is 9.47 Å². The van der Waals surface area contributed by atoms with Crippen molar-refractivity contribution >= 4 is 51.2 Å². The minimum Gasteiger partial charge on any atom is -0.398 e. The standard InChI is InChI=1S/C20H20N4O2S.ClH/c1-11-16-18(22-15-8-4-10-24(15)19(16)25)27-17(11)20(26)23-9-3-5-12-13(21)6-2-7-14(12)23;/h2,6-7H,3-5,8-10,21H2,1H3;1H. The zero-order valence-corrected chi connectivity index (χ0v) is 17.2. The molecule has 0 saturated heterocycles. The molecule has 0 bridgehead atoms. The molecule has 8 heteroatoms. The van der Waals surface area contributed by atoms with Gasteiger partial charge in [0.2, 0.25) is 0 Å². The topological polar surface area (TPSA) is 81.2 Å². The second kappa shape index (κ2) is 6.90. The van der Waals surface area contributed by atoms with Crippen LogP contribution in [0.2, 0.25) is 0 Å². The second-order valence-corrected chi connectivity index (χ2v) is 8.23. The van der Waals surface area contributed by atoms with Crippen LogP contribution in [0, 0.1) is 6.92 Å². The Labute approximate surface area is 172 Å². The first kappa shape index (κ1) is 19.0. The Morgan fingerprint density at radius 1 is 1.21 bits per heavy atom. The molecule has 146 valence electrons. The van der Waals surface area contributed by atoms with E-state index in [-0.39, 0.29) is 23.9 Å². The fraction of sp³-hybridized carbons (Fsp3) is 0.350. The van der Waals surface area contributed by atoms with Gasteiger partial charge in [-0.2, -0.15) is 0 Å². The summed E-state index contributed by atoms with van der Waals surface area (Å²) in [5.74, 6) is 0.774. The summed E-state index contributed by atoms with van der Waals surface area (Å²) in [5.41, 5.74) is 9.51. The van der Waals surface area contributed by atoms with Gasteiger partial charge in [-0.3, -0.25) is 14.2 Å². The van der Waals surface area contributed by atoms with Crippen LogP contribution in [0.1, 0.15) is 39.5 Å². The average Bonchev–Trinajstić information content (AvgIpc) is 3.26. The number of hydrogen-bond donors (Lipinski definition) is 1. The molecule has 0 aliphatic carbocycles. The molecule has 2 aliphatic rings. The first-order valence-electron chi connectivity index (χ1n) is 9.28. The molecule has 2 aliphatic heterocycles. The van der Waals surface area contributed by atoms with E-state index in [0.717, 1.165) is 54.0 Å². The van der Waals surface area contributed by atoms with E-state index in [1.807, 2.05) is 25.1 Å². The van der Waals surface area contributed by atoms with Gasteiger partial charge in [-0.15, -0.1) is 23.7 Å². The van der Waals surface area contributed by atoms with Crippen molar-refractivity contribution in [3.63, 3.8) is 0 Å². The largest absolute Gasteiger partial charge is 0.398 e. The zero-order valence-electron chi connectivity index (χ0n) is 15.5. The summed E-state index contributed by atoms with van der Waals surface area (Å²) in [6.07, 6.45) is 3.54. The maximum atomic E-state index is 13.4. The molecule has 1 aromatic carbocycles. The van der Waals surface area contributed by atoms with Crippen molar-refractivity contribution < 1.29 is 4.79 Å². The van der Waals surface area contributed by atoms with E-state index >= 15 is 0 Å². The van der Waals surface area contributed by atoms with Gasteiger partial charge in [0, 0.05) is 30.9 Å². The number of hydrogen-bond acceptors (Lipinski definition) is 5. The number of rotatable bonds is 1. The van der Waals surface area contributed by atoms with Gasteiger partial charge in [0.25, 0.3) is 11.5 Å². The molecule has 28 heavy (non-hydrogen) atoms. The zero-order chi connectivity index (χ0) is 18.7. The highest BCUT2D eigenvalue weighted by Crippen LogP contribution is 2.35. The van der Waals surface area contributed by atoms with Crippen LogP contribution in [0.4, 0.5) is 11.4 Å². The van der Waals surface area contributed by atoms with Gasteiger partial charge in [0.15, 0.2) is 0 Å². The third-order valence-electron chi connectivity index (χ3n) is 5.64. The molecule has 4 heterocycles. The Morgan fingerprint density at radius 2 is 2.00 bits per heavy atom. The monoisotopic (exact) mass is 416 g/mol. The quantitative estimate of drug-likeness (QED) is 0.617. The third-order valence-corrected chi connectivity index (χ3v) is 6.81. The van der Waals surface area contributed by atoms with Crippen molar-refractivity contribution in [2.24, 2.45) is 0 Å². The molecular formula is C20H21ClN4O2S. The Bertz CT molecular complexity index is 1170. The number of aryl methyl sites for hydroxylation is 2. The number of aromatic nitrogens is 2. The van der Waals surface area contributed by atoms with Crippen LogP contribution >= 0.6 is 23.7 Å². The van der Waals surface area contributed by atoms with Crippen molar-refractivity contribution in [3.05, 3.63) is 50.4 Å². The number of carbonyl (C=O) groups is 1. The number of thiophene rings is 1. The van der Waals surface area contributed by atoms with E-state index in [4.69, 9.17) is 5.73 Å². The van der Waals surface area contributed by atoms with Crippen molar-refractivity contribution in [2.75, 3.05) is 17.2 Å². The Hall–Kier alpha value is -2.38. The van der Waals surface area contributed by atoms with Crippen molar-refractivity contribution in [1.82, 2.24) is 9.55 Å². The SMILES string of the molecule is Cc1c(C(=O)N2CCCc3c(N)cccc32)sc2nc3n(c(=O)c12)CCC3.Cl. The molecule has 0 atom stereocenters. The van der Waals surface area contributed by atoms with Crippen LogP contribution in [-0.4, -0.2) is 22.0 Å². The molecule has 2 aromatic heterocycles. The number of halogens is 1. The average molecular weight is 417 g/mol. The smallest absolute Gasteiger partial charge is 0.268 e. The molecule has 6 nitrogen and oxygen atoms in total. The summed E-state index contributed by atoms with van der Waals surface area (Å²) in [6.45, 7) is 3.24. The number of nitrogens with zero attached hydrogens (tertiary/aromatic N) is 3. The normalized spacial score (nSPS) is 15.2. The van der Waals surface area contributed by atoms with Gasteiger partial charge in [-0.1, -0.05) is 6.07 Å². The maximum absolute atomic E-state index is 13.4. The molecule has 3 aromatic rings. The predicted molar refractivity (Wildman–Crippen MR) is 115 cm³/mol. The molecule has 0 spiro atoms. The Balaban J connectivity index is 0.00000192. The van der Waals surface area contributed by atoms with E-state index in [9.17, 15) is 9.59 Å². The minimum absolute atomic E-state index is 0.